The Morgan fingerprint density at radius 3 is 2.45 bits per heavy atom. The first kappa shape index (κ1) is 30.7. The summed E-state index contributed by atoms with van der Waals surface area (Å²) < 4.78 is 18.6. The number of nitrogens with one attached hydrogen (secondary N) is 2. The zero-order valence-electron chi connectivity index (χ0n) is 24.3. The first-order chi connectivity index (χ1) is 18.9. The van der Waals surface area contributed by atoms with Crippen molar-refractivity contribution in [2.45, 2.75) is 71.9 Å². The second-order valence-electron chi connectivity index (χ2n) is 11.5. The number of hydrogen-bond donors (Lipinski definition) is 2. The molecule has 2 amide bonds. The fourth-order valence-corrected chi connectivity index (χ4v) is 4.36. The zero-order valence-corrected chi connectivity index (χ0v) is 25.3. The number of benzene rings is 2. The van der Waals surface area contributed by atoms with Crippen molar-refractivity contribution >= 4 is 31.3 Å². The van der Waals surface area contributed by atoms with E-state index in [1.54, 1.807) is 20.8 Å². The number of ether oxygens (including phenoxy) is 3. The minimum Gasteiger partial charge on any atom is -0.445 e. The molecule has 1 aromatic heterocycles. The normalized spacial score (nSPS) is 11.4. The van der Waals surface area contributed by atoms with Crippen LogP contribution in [0.5, 0.6) is 0 Å². The van der Waals surface area contributed by atoms with E-state index < -0.39 is 25.9 Å². The van der Waals surface area contributed by atoms with Crippen molar-refractivity contribution in [2.75, 3.05) is 13.2 Å². The Hall–Kier alpha value is -3.81. The fourth-order valence-electron chi connectivity index (χ4n) is 3.60. The summed E-state index contributed by atoms with van der Waals surface area (Å²) >= 11 is 0. The lowest BCUT2D eigenvalue weighted by Crippen LogP contribution is -2.32. The number of carbonyl (C=O) groups is 2. The van der Waals surface area contributed by atoms with Crippen molar-refractivity contribution in [1.82, 2.24) is 20.2 Å². The summed E-state index contributed by atoms with van der Waals surface area (Å²) in [6.45, 7) is 13.8. The van der Waals surface area contributed by atoms with Crippen molar-refractivity contribution in [3.05, 3.63) is 65.5 Å². The van der Waals surface area contributed by atoms with Gasteiger partial charge >= 0.3 is 12.2 Å². The molecule has 0 unspecified atom stereocenters. The molecule has 0 saturated carbocycles. The van der Waals surface area contributed by atoms with Crippen molar-refractivity contribution in [1.29, 1.82) is 0 Å². The van der Waals surface area contributed by atoms with Crippen LogP contribution in [0.15, 0.2) is 48.5 Å². The number of fused-ring (bicyclic) bond motifs is 1. The quantitative estimate of drug-likeness (QED) is 0.187. The van der Waals surface area contributed by atoms with Crippen LogP contribution in [0.4, 0.5) is 9.59 Å². The molecule has 0 aliphatic heterocycles. The Kier molecular flexibility index (Phi) is 10.8. The molecule has 1 heterocycles. The lowest BCUT2D eigenvalue weighted by Gasteiger charge is -2.19. The van der Waals surface area contributed by atoms with Crippen LogP contribution in [-0.2, 0) is 34.1 Å². The minimum absolute atomic E-state index is 0.132. The van der Waals surface area contributed by atoms with Crippen molar-refractivity contribution in [3.63, 3.8) is 0 Å². The zero-order chi connectivity index (χ0) is 29.2. The number of aromatic nitrogens is 2. The molecule has 2 aromatic carbocycles. The number of nitrogens with zero attached hydrogens (tertiary/aromatic N) is 2. The molecule has 0 saturated heterocycles. The maximum Gasteiger partial charge on any atom is 0.408 e. The monoisotopic (exact) mass is 564 g/mol. The molecule has 0 fully saturated rings. The Labute approximate surface area is 237 Å². The number of carbonyl (C=O) groups excluding carboxylic acids is 2. The number of amides is 2. The summed E-state index contributed by atoms with van der Waals surface area (Å²) in [5.41, 5.74) is 2.57. The molecule has 2 N–H and O–H groups in total. The maximum absolute atomic E-state index is 12.4. The first-order valence-corrected chi connectivity index (χ1v) is 17.1. The molecule has 0 aliphatic carbocycles. The van der Waals surface area contributed by atoms with Gasteiger partial charge < -0.3 is 29.4 Å². The molecule has 0 radical (unpaired) electrons. The summed E-state index contributed by atoms with van der Waals surface area (Å²) in [6, 6.07) is 16.3. The standard InChI is InChI=1S/C30H40N4O5Si/c1-30(2,3)39-29(36)31-17-11-15-24-14-10-16-25-27(24)33-26(34(25)22-37-18-19-40(4,5)6)20-32-28(35)38-21-23-12-8-7-9-13-23/h7-10,12-14,16H,17-22H2,1-6H3,(H,31,36)(H,32,35). The van der Waals surface area contributed by atoms with E-state index in [-0.39, 0.29) is 19.7 Å². The van der Waals surface area contributed by atoms with E-state index in [1.807, 2.05) is 53.1 Å². The van der Waals surface area contributed by atoms with Crippen LogP contribution in [0.3, 0.4) is 0 Å². The van der Waals surface area contributed by atoms with Crippen LogP contribution in [0, 0.1) is 11.8 Å². The van der Waals surface area contributed by atoms with Crippen LogP contribution >= 0.6 is 0 Å². The molecular formula is C30H40N4O5Si. The molecule has 3 aromatic rings. The van der Waals surface area contributed by atoms with Crippen molar-refractivity contribution in [2.24, 2.45) is 0 Å². The number of para-hydroxylation sites is 1. The van der Waals surface area contributed by atoms with Crippen LogP contribution in [0.1, 0.15) is 37.7 Å². The summed E-state index contributed by atoms with van der Waals surface area (Å²) in [4.78, 5) is 29.1. The average Bonchev–Trinajstić information content (AvgIpc) is 3.24. The molecular weight excluding hydrogens is 524 g/mol. The Morgan fingerprint density at radius 2 is 1.75 bits per heavy atom. The molecule has 0 atom stereocenters. The summed E-state index contributed by atoms with van der Waals surface area (Å²) in [7, 11) is -1.24. The largest absolute Gasteiger partial charge is 0.445 e. The SMILES string of the molecule is CC(C)(C)OC(=O)NCC#Cc1cccc2c1nc(CNC(=O)OCc1ccccc1)n2COCC[Si](C)(C)C. The van der Waals surface area contributed by atoms with Gasteiger partial charge in [0.15, 0.2) is 0 Å². The van der Waals surface area contributed by atoms with Crippen LogP contribution in [0.2, 0.25) is 25.7 Å². The van der Waals surface area contributed by atoms with Crippen LogP contribution in [0.25, 0.3) is 11.0 Å². The van der Waals surface area contributed by atoms with Crippen molar-refractivity contribution < 1.29 is 23.8 Å². The van der Waals surface area contributed by atoms with Gasteiger partial charge in [-0.05, 0) is 44.5 Å². The maximum atomic E-state index is 12.4. The molecule has 0 aliphatic rings. The van der Waals surface area contributed by atoms with Gasteiger partial charge in [0, 0.05) is 14.7 Å². The molecule has 10 heteroatoms. The summed E-state index contributed by atoms with van der Waals surface area (Å²) in [5.74, 6) is 6.68. The smallest absolute Gasteiger partial charge is 0.408 e. The van der Waals surface area contributed by atoms with E-state index in [0.717, 1.165) is 17.1 Å². The summed E-state index contributed by atoms with van der Waals surface area (Å²) in [5, 5.41) is 5.44. The highest BCUT2D eigenvalue weighted by Crippen LogP contribution is 2.21. The predicted octanol–water partition coefficient (Wildman–Crippen LogP) is 5.65. The van der Waals surface area contributed by atoms with E-state index in [0.29, 0.717) is 30.2 Å². The van der Waals surface area contributed by atoms with E-state index in [2.05, 4.69) is 42.1 Å². The molecule has 40 heavy (non-hydrogen) atoms. The third kappa shape index (κ3) is 10.4. The fraction of sp³-hybridized carbons (Fsp3) is 0.433. The third-order valence-corrected chi connectivity index (χ3v) is 7.33. The predicted molar refractivity (Wildman–Crippen MR) is 158 cm³/mol. The van der Waals surface area contributed by atoms with Crippen LogP contribution < -0.4 is 10.6 Å². The number of imidazole rings is 1. The van der Waals surface area contributed by atoms with E-state index in [9.17, 15) is 9.59 Å². The van der Waals surface area contributed by atoms with Gasteiger partial charge in [-0.1, -0.05) is 67.9 Å². The average molecular weight is 565 g/mol. The van der Waals surface area contributed by atoms with Gasteiger partial charge in [-0.25, -0.2) is 14.6 Å². The lowest BCUT2D eigenvalue weighted by atomic mass is 10.2. The van der Waals surface area contributed by atoms with Gasteiger partial charge in [-0.3, -0.25) is 0 Å². The Morgan fingerprint density at radius 1 is 1.00 bits per heavy atom. The molecule has 214 valence electrons. The minimum atomic E-state index is -1.24. The van der Waals surface area contributed by atoms with E-state index in [1.165, 1.54) is 0 Å². The van der Waals surface area contributed by atoms with Crippen molar-refractivity contribution in [3.8, 4) is 11.8 Å². The number of hydrogen-bond acceptors (Lipinski definition) is 6. The molecule has 0 spiro atoms. The second-order valence-corrected chi connectivity index (χ2v) is 17.2. The van der Waals surface area contributed by atoms with E-state index in [4.69, 9.17) is 19.2 Å². The Balaban J connectivity index is 1.74. The van der Waals surface area contributed by atoms with Gasteiger partial charge in [-0.15, -0.1) is 0 Å². The highest BCUT2D eigenvalue weighted by molar-refractivity contribution is 6.76. The topological polar surface area (TPSA) is 104 Å². The summed E-state index contributed by atoms with van der Waals surface area (Å²) in [6.07, 6.45) is -1.05. The molecule has 3 rings (SSSR count). The van der Waals surface area contributed by atoms with Gasteiger partial charge in [-0.2, -0.15) is 0 Å². The molecule has 0 bridgehead atoms. The highest BCUT2D eigenvalue weighted by Gasteiger charge is 2.17. The van der Waals surface area contributed by atoms with E-state index >= 15 is 0 Å². The lowest BCUT2D eigenvalue weighted by molar-refractivity contribution is 0.0535. The third-order valence-electron chi connectivity index (χ3n) is 5.62. The van der Waals surface area contributed by atoms with Gasteiger partial charge in [0.2, 0.25) is 0 Å². The number of alkyl carbamates (subject to hydrolysis) is 2. The van der Waals surface area contributed by atoms with Gasteiger partial charge in [0.05, 0.1) is 24.2 Å². The highest BCUT2D eigenvalue weighted by atomic mass is 28.3. The number of rotatable bonds is 10. The van der Waals surface area contributed by atoms with Gasteiger partial charge in [0.25, 0.3) is 0 Å². The second kappa shape index (κ2) is 14.0. The van der Waals surface area contributed by atoms with Gasteiger partial charge in [0.1, 0.15) is 30.3 Å². The molecule has 9 nitrogen and oxygen atoms in total. The van der Waals surface area contributed by atoms with Crippen LogP contribution in [-0.4, -0.2) is 48.6 Å². The Bertz CT molecular complexity index is 1350. The first-order valence-electron chi connectivity index (χ1n) is 13.4.